The van der Waals surface area contributed by atoms with Crippen LogP contribution >= 0.6 is 0 Å². The van der Waals surface area contributed by atoms with Gasteiger partial charge in [-0.15, -0.1) is 0 Å². The molecule has 0 amide bonds. The third-order valence-corrected chi connectivity index (χ3v) is 1.71. The Morgan fingerprint density at radius 1 is 1.29 bits per heavy atom. The summed E-state index contributed by atoms with van der Waals surface area (Å²) in [6.45, 7) is -0.530. The molecule has 9 heteroatoms. The average molecular weight is 241 g/mol. The van der Waals surface area contributed by atoms with E-state index >= 15 is 0 Å². The van der Waals surface area contributed by atoms with Crippen LogP contribution in [-0.4, -0.2) is 16.5 Å². The van der Waals surface area contributed by atoms with E-state index in [9.17, 15) is 24.6 Å². The lowest BCUT2D eigenvalue weighted by Crippen LogP contribution is -2.01. The van der Waals surface area contributed by atoms with Gasteiger partial charge in [-0.3, -0.25) is 20.2 Å². The van der Waals surface area contributed by atoms with Gasteiger partial charge in [-0.25, -0.2) is 0 Å². The topological polar surface area (TPSA) is 119 Å². The van der Waals surface area contributed by atoms with Crippen molar-refractivity contribution in [2.75, 3.05) is 6.61 Å². The predicted octanol–water partition coefficient (Wildman–Crippen LogP) is 1.54. The third kappa shape index (κ3) is 2.63. The molecule has 88 valence electrons. The largest absolute Gasteiger partial charge is 0.471 e. The van der Waals surface area contributed by atoms with Gasteiger partial charge in [0, 0.05) is 6.07 Å². The standard InChI is InChI=1S/C8H4FN3O5/c9-5-3-8(17-2-1-10)7(12(15)16)4-6(5)11(13)14/h3-4H,2H2. The Hall–Kier alpha value is -2.76. The molecule has 0 radical (unpaired) electrons. The number of halogens is 1. The summed E-state index contributed by atoms with van der Waals surface area (Å²) in [6.07, 6.45) is 0. The first-order valence-electron chi connectivity index (χ1n) is 4.09. The molecule has 0 fully saturated rings. The van der Waals surface area contributed by atoms with Crippen LogP contribution in [0.25, 0.3) is 0 Å². The smallest absolute Gasteiger partial charge is 0.318 e. The van der Waals surface area contributed by atoms with Gasteiger partial charge < -0.3 is 4.74 Å². The third-order valence-electron chi connectivity index (χ3n) is 1.71. The fraction of sp³-hybridized carbons (Fsp3) is 0.125. The summed E-state index contributed by atoms with van der Waals surface area (Å²) in [5.41, 5.74) is -1.80. The van der Waals surface area contributed by atoms with Gasteiger partial charge in [0.05, 0.1) is 9.85 Å². The van der Waals surface area contributed by atoms with Crippen LogP contribution in [0.15, 0.2) is 12.1 Å². The Balaban J connectivity index is 3.31. The summed E-state index contributed by atoms with van der Waals surface area (Å²) in [4.78, 5) is 18.9. The number of benzene rings is 1. The maximum absolute atomic E-state index is 13.1. The van der Waals surface area contributed by atoms with Crippen molar-refractivity contribution in [3.63, 3.8) is 0 Å². The van der Waals surface area contributed by atoms with Gasteiger partial charge >= 0.3 is 11.4 Å². The van der Waals surface area contributed by atoms with Crippen molar-refractivity contribution in [1.82, 2.24) is 0 Å². The van der Waals surface area contributed by atoms with E-state index in [4.69, 9.17) is 5.26 Å². The molecular weight excluding hydrogens is 237 g/mol. The zero-order valence-electron chi connectivity index (χ0n) is 8.12. The number of nitrogens with zero attached hydrogens (tertiary/aromatic N) is 3. The van der Waals surface area contributed by atoms with Gasteiger partial charge in [0.25, 0.3) is 0 Å². The van der Waals surface area contributed by atoms with Crippen LogP contribution in [0.3, 0.4) is 0 Å². The summed E-state index contributed by atoms with van der Waals surface area (Å²) in [7, 11) is 0. The number of nitro groups is 2. The molecular formula is C8H4FN3O5. The highest BCUT2D eigenvalue weighted by atomic mass is 19.1. The van der Waals surface area contributed by atoms with E-state index < -0.39 is 39.4 Å². The van der Waals surface area contributed by atoms with E-state index in [1.165, 1.54) is 6.07 Å². The molecule has 0 aliphatic carbocycles. The molecule has 0 saturated carbocycles. The highest BCUT2D eigenvalue weighted by molar-refractivity contribution is 5.54. The second-order valence-corrected chi connectivity index (χ2v) is 2.73. The summed E-state index contributed by atoms with van der Waals surface area (Å²) < 4.78 is 17.7. The number of rotatable bonds is 4. The molecule has 0 aromatic heterocycles. The van der Waals surface area contributed by atoms with E-state index in [1.807, 2.05) is 0 Å². The second-order valence-electron chi connectivity index (χ2n) is 2.73. The lowest BCUT2D eigenvalue weighted by atomic mass is 10.2. The van der Waals surface area contributed by atoms with Crippen LogP contribution in [0.4, 0.5) is 15.8 Å². The van der Waals surface area contributed by atoms with Crippen molar-refractivity contribution in [3.05, 3.63) is 38.2 Å². The first kappa shape index (κ1) is 12.3. The summed E-state index contributed by atoms with van der Waals surface area (Å²) in [5, 5.41) is 29.2. The predicted molar refractivity (Wildman–Crippen MR) is 50.8 cm³/mol. The van der Waals surface area contributed by atoms with Crippen LogP contribution in [0.1, 0.15) is 0 Å². The van der Waals surface area contributed by atoms with Crippen molar-refractivity contribution in [2.24, 2.45) is 0 Å². The van der Waals surface area contributed by atoms with Gasteiger partial charge in [-0.1, -0.05) is 0 Å². The minimum atomic E-state index is -1.27. The zero-order valence-corrected chi connectivity index (χ0v) is 8.12. The van der Waals surface area contributed by atoms with Crippen molar-refractivity contribution >= 4 is 11.4 Å². The van der Waals surface area contributed by atoms with Gasteiger partial charge in [0.2, 0.25) is 11.6 Å². The Morgan fingerprint density at radius 2 is 1.88 bits per heavy atom. The molecule has 0 atom stereocenters. The summed E-state index contributed by atoms with van der Waals surface area (Å²) >= 11 is 0. The van der Waals surface area contributed by atoms with Crippen LogP contribution in [0, 0.1) is 37.4 Å². The normalized spacial score (nSPS) is 9.41. The number of hydrogen-bond acceptors (Lipinski definition) is 6. The van der Waals surface area contributed by atoms with Gasteiger partial charge in [-0.2, -0.15) is 9.65 Å². The lowest BCUT2D eigenvalue weighted by Gasteiger charge is -2.03. The highest BCUT2D eigenvalue weighted by Crippen LogP contribution is 2.33. The molecule has 0 aliphatic rings. The molecule has 0 saturated heterocycles. The number of ether oxygens (including phenoxy) is 1. The molecule has 8 nitrogen and oxygen atoms in total. The van der Waals surface area contributed by atoms with E-state index in [-0.39, 0.29) is 0 Å². The van der Waals surface area contributed by atoms with Gasteiger partial charge in [0.15, 0.2) is 6.61 Å². The average Bonchev–Trinajstić information content (AvgIpc) is 2.25. The molecule has 0 N–H and O–H groups in total. The highest BCUT2D eigenvalue weighted by Gasteiger charge is 2.25. The van der Waals surface area contributed by atoms with Crippen LogP contribution in [-0.2, 0) is 0 Å². The number of nitro benzene ring substituents is 2. The van der Waals surface area contributed by atoms with Crippen molar-refractivity contribution < 1.29 is 19.0 Å². The van der Waals surface area contributed by atoms with E-state index in [2.05, 4.69) is 4.74 Å². The van der Waals surface area contributed by atoms with Crippen LogP contribution in [0.5, 0.6) is 5.75 Å². The molecule has 1 aromatic rings. The fourth-order valence-corrected chi connectivity index (χ4v) is 1.04. The molecule has 1 rings (SSSR count). The number of hydrogen-bond donors (Lipinski definition) is 0. The second kappa shape index (κ2) is 4.84. The molecule has 1 aromatic carbocycles. The Bertz CT molecular complexity index is 525. The van der Waals surface area contributed by atoms with Crippen LogP contribution in [0.2, 0.25) is 0 Å². The molecule has 0 unspecified atom stereocenters. The maximum Gasteiger partial charge on any atom is 0.318 e. The quantitative estimate of drug-likeness (QED) is 0.582. The van der Waals surface area contributed by atoms with Crippen molar-refractivity contribution in [2.45, 2.75) is 0 Å². The molecule has 0 spiro atoms. The molecule has 0 aliphatic heterocycles. The summed E-state index contributed by atoms with van der Waals surface area (Å²) in [6, 6.07) is 2.49. The Kier molecular flexibility index (Phi) is 3.51. The molecule has 17 heavy (non-hydrogen) atoms. The molecule has 0 heterocycles. The summed E-state index contributed by atoms with van der Waals surface area (Å²) in [5.74, 6) is -1.80. The Labute approximate surface area is 93.1 Å². The van der Waals surface area contributed by atoms with Crippen LogP contribution < -0.4 is 4.74 Å². The lowest BCUT2D eigenvalue weighted by molar-refractivity contribution is -0.396. The SMILES string of the molecule is N#CCOc1cc(F)c([N+](=O)[O-])cc1[N+](=O)[O-]. The Morgan fingerprint density at radius 3 is 2.35 bits per heavy atom. The minimum Gasteiger partial charge on any atom is -0.471 e. The van der Waals surface area contributed by atoms with E-state index in [0.29, 0.717) is 12.1 Å². The molecule has 0 bridgehead atoms. The van der Waals surface area contributed by atoms with E-state index in [1.54, 1.807) is 0 Å². The minimum absolute atomic E-state index is 0.446. The van der Waals surface area contributed by atoms with Crippen molar-refractivity contribution in [3.8, 4) is 11.8 Å². The first-order valence-corrected chi connectivity index (χ1v) is 4.09. The zero-order chi connectivity index (χ0) is 13.0. The van der Waals surface area contributed by atoms with Gasteiger partial charge in [-0.05, 0) is 0 Å². The van der Waals surface area contributed by atoms with Crippen molar-refractivity contribution in [1.29, 1.82) is 5.26 Å². The monoisotopic (exact) mass is 241 g/mol. The van der Waals surface area contributed by atoms with E-state index in [0.717, 1.165) is 0 Å². The maximum atomic E-state index is 13.1. The number of nitriles is 1. The first-order chi connectivity index (χ1) is 7.97. The van der Waals surface area contributed by atoms with Gasteiger partial charge in [0.1, 0.15) is 12.1 Å². The fourth-order valence-electron chi connectivity index (χ4n) is 1.04.